The van der Waals surface area contributed by atoms with Gasteiger partial charge < -0.3 is 14.8 Å². The number of halogens is 4. The molecule has 1 aliphatic heterocycles. The predicted molar refractivity (Wildman–Crippen MR) is 143 cm³/mol. The monoisotopic (exact) mass is 604 g/mol. The molecule has 2 amide bonds. The highest BCUT2D eigenvalue weighted by molar-refractivity contribution is 7.92. The van der Waals surface area contributed by atoms with Gasteiger partial charge in [0.05, 0.1) is 29.2 Å². The van der Waals surface area contributed by atoms with Crippen LogP contribution in [0, 0.1) is 5.82 Å². The number of alkyl halides is 3. The van der Waals surface area contributed by atoms with E-state index in [9.17, 15) is 35.6 Å². The van der Waals surface area contributed by atoms with Crippen LogP contribution in [-0.2, 0) is 19.6 Å². The second-order valence-electron chi connectivity index (χ2n) is 10.6. The number of fused-ring (bicyclic) bond motifs is 1. The molecule has 226 valence electrons. The van der Waals surface area contributed by atoms with Gasteiger partial charge in [-0.25, -0.2) is 17.6 Å². The van der Waals surface area contributed by atoms with Crippen molar-refractivity contribution in [2.75, 3.05) is 36.8 Å². The van der Waals surface area contributed by atoms with E-state index >= 15 is 0 Å². The molecule has 0 saturated heterocycles. The first kappa shape index (κ1) is 31.9. The SMILES string of the molecule is CN(C)C(C)(C)C(=O)NCC1CN(S(=O)(=O)c2ccc(F)cc2)c2cc(NC(=O)OC(C)(C)C(F)(F)F)ccc2O1. The van der Waals surface area contributed by atoms with Crippen molar-refractivity contribution in [1.29, 1.82) is 0 Å². The third-order valence-corrected chi connectivity index (χ3v) is 8.53. The Morgan fingerprint density at radius 2 is 1.68 bits per heavy atom. The van der Waals surface area contributed by atoms with Crippen LogP contribution < -0.4 is 19.7 Å². The number of amides is 2. The standard InChI is InChI=1S/C26H32F4N4O6S/c1-24(2,33(5)6)22(35)31-14-18-15-34(41(37,38)19-10-7-16(27)8-11-19)20-13-17(9-12-21(20)39-18)32-23(36)40-25(3,4)26(28,29)30/h7-13,18H,14-15H2,1-6H3,(H,31,35)(H,32,36). The van der Waals surface area contributed by atoms with Crippen LogP contribution in [0.25, 0.3) is 0 Å². The molecule has 0 aliphatic carbocycles. The Labute approximate surface area is 235 Å². The summed E-state index contributed by atoms with van der Waals surface area (Å²) in [5, 5.41) is 4.92. The quantitative estimate of drug-likeness (QED) is 0.436. The van der Waals surface area contributed by atoms with Gasteiger partial charge in [0, 0.05) is 5.69 Å². The van der Waals surface area contributed by atoms with Gasteiger partial charge in [-0.3, -0.25) is 19.3 Å². The number of nitrogens with zero attached hydrogens (tertiary/aromatic N) is 2. The van der Waals surface area contributed by atoms with Gasteiger partial charge in [0.25, 0.3) is 10.0 Å². The van der Waals surface area contributed by atoms with E-state index in [0.29, 0.717) is 13.8 Å². The smallest absolute Gasteiger partial charge is 0.427 e. The molecule has 0 bridgehead atoms. The summed E-state index contributed by atoms with van der Waals surface area (Å²) >= 11 is 0. The molecule has 2 aromatic rings. The summed E-state index contributed by atoms with van der Waals surface area (Å²) in [4.78, 5) is 26.4. The van der Waals surface area contributed by atoms with Crippen LogP contribution in [0.15, 0.2) is 47.4 Å². The third kappa shape index (κ3) is 7.01. The molecule has 3 rings (SSSR count). The van der Waals surface area contributed by atoms with Crippen LogP contribution in [0.1, 0.15) is 27.7 Å². The number of benzene rings is 2. The Kier molecular flexibility index (Phi) is 8.84. The first-order chi connectivity index (χ1) is 18.8. The van der Waals surface area contributed by atoms with Gasteiger partial charge in [0.2, 0.25) is 11.5 Å². The summed E-state index contributed by atoms with van der Waals surface area (Å²) in [6.07, 6.45) is -7.10. The Hall–Kier alpha value is -3.59. The average Bonchev–Trinajstić information content (AvgIpc) is 2.85. The van der Waals surface area contributed by atoms with Gasteiger partial charge in [-0.05, 0) is 84.3 Å². The summed E-state index contributed by atoms with van der Waals surface area (Å²) in [5.41, 5.74) is -3.78. The second-order valence-corrected chi connectivity index (χ2v) is 12.5. The fraction of sp³-hybridized carbons (Fsp3) is 0.462. The summed E-state index contributed by atoms with van der Waals surface area (Å²) in [5.74, 6) is -0.922. The van der Waals surface area contributed by atoms with Crippen molar-refractivity contribution in [3.63, 3.8) is 0 Å². The Morgan fingerprint density at radius 3 is 2.24 bits per heavy atom. The van der Waals surface area contributed by atoms with Gasteiger partial charge in [-0.15, -0.1) is 0 Å². The predicted octanol–water partition coefficient (Wildman–Crippen LogP) is 4.13. The van der Waals surface area contributed by atoms with Crippen molar-refractivity contribution in [2.24, 2.45) is 0 Å². The van der Waals surface area contributed by atoms with Gasteiger partial charge in [0.1, 0.15) is 17.7 Å². The average molecular weight is 605 g/mol. The van der Waals surface area contributed by atoms with Crippen molar-refractivity contribution in [1.82, 2.24) is 10.2 Å². The van der Waals surface area contributed by atoms with Crippen molar-refractivity contribution >= 4 is 33.4 Å². The fourth-order valence-corrected chi connectivity index (χ4v) is 5.01. The highest BCUT2D eigenvalue weighted by Crippen LogP contribution is 2.39. The molecule has 41 heavy (non-hydrogen) atoms. The Morgan fingerprint density at radius 1 is 1.07 bits per heavy atom. The summed E-state index contributed by atoms with van der Waals surface area (Å²) in [7, 11) is -0.863. The van der Waals surface area contributed by atoms with E-state index in [-0.39, 0.29) is 41.0 Å². The maximum Gasteiger partial charge on any atom is 0.427 e. The number of hydrogen-bond donors (Lipinski definition) is 2. The lowest BCUT2D eigenvalue weighted by Gasteiger charge is -2.37. The zero-order valence-electron chi connectivity index (χ0n) is 23.3. The zero-order valence-corrected chi connectivity index (χ0v) is 24.1. The largest absolute Gasteiger partial charge is 0.484 e. The lowest BCUT2D eigenvalue weighted by molar-refractivity contribution is -0.242. The highest BCUT2D eigenvalue weighted by Gasteiger charge is 2.51. The molecule has 15 heteroatoms. The number of carbonyl (C=O) groups excluding carboxylic acids is 2. The molecule has 1 heterocycles. The zero-order chi connectivity index (χ0) is 31.0. The van der Waals surface area contributed by atoms with Gasteiger partial charge in [-0.2, -0.15) is 13.2 Å². The van der Waals surface area contributed by atoms with Gasteiger partial charge >= 0.3 is 12.3 Å². The topological polar surface area (TPSA) is 117 Å². The number of rotatable bonds is 8. The number of nitrogens with one attached hydrogen (secondary N) is 2. The molecular formula is C26H32F4N4O6S. The molecule has 0 aromatic heterocycles. The normalized spacial score (nSPS) is 16.1. The van der Waals surface area contributed by atoms with E-state index in [4.69, 9.17) is 4.74 Å². The molecule has 0 fully saturated rings. The molecule has 1 unspecified atom stereocenters. The summed E-state index contributed by atoms with van der Waals surface area (Å²) < 4.78 is 91.6. The molecular weight excluding hydrogens is 572 g/mol. The molecule has 0 radical (unpaired) electrons. The number of anilines is 2. The summed E-state index contributed by atoms with van der Waals surface area (Å²) in [6.45, 7) is 4.43. The Balaban J connectivity index is 1.93. The number of likely N-dealkylation sites (N-methyl/N-ethyl adjacent to an activating group) is 1. The maximum atomic E-state index is 13.6. The van der Waals surface area contributed by atoms with Crippen LogP contribution in [-0.4, -0.2) is 75.9 Å². The van der Waals surface area contributed by atoms with Crippen LogP contribution >= 0.6 is 0 Å². The molecule has 2 N–H and O–H groups in total. The van der Waals surface area contributed by atoms with Crippen molar-refractivity contribution in [3.05, 3.63) is 48.3 Å². The van der Waals surface area contributed by atoms with Gasteiger partial charge in [-0.1, -0.05) is 0 Å². The van der Waals surface area contributed by atoms with Crippen molar-refractivity contribution < 1.29 is 45.0 Å². The molecule has 2 aromatic carbocycles. The maximum absolute atomic E-state index is 13.6. The lowest BCUT2D eigenvalue weighted by atomic mass is 10.0. The van der Waals surface area contributed by atoms with Crippen LogP contribution in [0.3, 0.4) is 0 Å². The molecule has 1 atom stereocenters. The minimum atomic E-state index is -4.83. The van der Waals surface area contributed by atoms with E-state index in [1.807, 2.05) is 0 Å². The van der Waals surface area contributed by atoms with E-state index in [2.05, 4.69) is 15.4 Å². The second kappa shape index (κ2) is 11.4. The number of hydrogen-bond acceptors (Lipinski definition) is 7. The molecule has 10 nitrogen and oxygen atoms in total. The minimum absolute atomic E-state index is 0.0431. The first-order valence-electron chi connectivity index (χ1n) is 12.4. The lowest BCUT2D eigenvalue weighted by Crippen LogP contribution is -2.55. The van der Waals surface area contributed by atoms with Gasteiger partial charge in [0.15, 0.2) is 0 Å². The van der Waals surface area contributed by atoms with E-state index in [1.54, 1.807) is 32.8 Å². The van der Waals surface area contributed by atoms with E-state index in [1.165, 1.54) is 18.2 Å². The Bertz CT molecular complexity index is 1400. The molecule has 0 saturated carbocycles. The van der Waals surface area contributed by atoms with E-state index in [0.717, 1.165) is 28.6 Å². The first-order valence-corrected chi connectivity index (χ1v) is 13.8. The minimum Gasteiger partial charge on any atom is -0.484 e. The van der Waals surface area contributed by atoms with Crippen LogP contribution in [0.2, 0.25) is 0 Å². The van der Waals surface area contributed by atoms with Crippen molar-refractivity contribution in [3.8, 4) is 5.75 Å². The number of ether oxygens (including phenoxy) is 2. The van der Waals surface area contributed by atoms with E-state index < -0.39 is 45.4 Å². The molecule has 0 spiro atoms. The number of sulfonamides is 1. The van der Waals surface area contributed by atoms with Crippen LogP contribution in [0.5, 0.6) is 5.75 Å². The highest BCUT2D eigenvalue weighted by atomic mass is 32.2. The fourth-order valence-electron chi connectivity index (χ4n) is 3.52. The summed E-state index contributed by atoms with van der Waals surface area (Å²) in [6, 6.07) is 7.92. The van der Waals surface area contributed by atoms with Crippen LogP contribution in [0.4, 0.5) is 33.7 Å². The molecule has 1 aliphatic rings. The van der Waals surface area contributed by atoms with Crippen molar-refractivity contribution in [2.45, 2.75) is 56.0 Å². The number of carbonyl (C=O) groups is 2. The third-order valence-electron chi connectivity index (χ3n) is 6.73.